The van der Waals surface area contributed by atoms with Gasteiger partial charge in [0.1, 0.15) is 17.3 Å². The Balaban J connectivity index is 1.12. The number of para-hydroxylation sites is 3. The largest absolute Gasteiger partial charge is 0.457 e. The Labute approximate surface area is 319 Å². The van der Waals surface area contributed by atoms with Crippen LogP contribution in [-0.2, 0) is 5.41 Å². The summed E-state index contributed by atoms with van der Waals surface area (Å²) in [5, 5.41) is 4.81. The zero-order chi connectivity index (χ0) is 37.6. The summed E-state index contributed by atoms with van der Waals surface area (Å²) in [6.07, 6.45) is 5.42. The van der Waals surface area contributed by atoms with E-state index in [-0.39, 0.29) is 5.41 Å². The maximum absolute atomic E-state index is 6.82. The molecule has 0 N–H and O–H groups in total. The lowest BCUT2D eigenvalue weighted by molar-refractivity contribution is 0.479. The number of nitrogens with zero attached hydrogens (tertiary/aromatic N) is 7. The van der Waals surface area contributed by atoms with Crippen molar-refractivity contribution >= 4 is 60.9 Å². The molecule has 4 aromatic heterocycles. The van der Waals surface area contributed by atoms with Crippen molar-refractivity contribution in [1.82, 2.24) is 24.1 Å². The minimum absolute atomic E-state index is 0.106. The molecule has 5 aromatic carbocycles. The molecule has 0 radical (unpaired) electrons. The summed E-state index contributed by atoms with van der Waals surface area (Å²) in [6.45, 7) is 11.7. The minimum Gasteiger partial charge on any atom is -0.457 e. The van der Waals surface area contributed by atoms with E-state index in [1.807, 2.05) is 13.2 Å². The van der Waals surface area contributed by atoms with E-state index >= 15 is 0 Å². The second kappa shape index (κ2) is 12.2. The Morgan fingerprint density at radius 2 is 1.25 bits per heavy atom. The van der Waals surface area contributed by atoms with Gasteiger partial charge in [-0.15, -0.1) is 0 Å². The molecule has 0 atom stereocenters. The van der Waals surface area contributed by atoms with Gasteiger partial charge in [0, 0.05) is 71.1 Å². The molecular weight excluding hydrogens is 679 g/mol. The van der Waals surface area contributed by atoms with Crippen molar-refractivity contribution in [2.45, 2.75) is 40.0 Å². The number of aryl methyl sites for hydroxylation is 2. The monoisotopic (exact) mass is 719 g/mol. The molecule has 0 unspecified atom stereocenters. The van der Waals surface area contributed by atoms with Crippen LogP contribution in [0, 0.1) is 13.8 Å². The van der Waals surface area contributed by atoms with Gasteiger partial charge in [-0.25, -0.2) is 15.0 Å². The maximum Gasteiger partial charge on any atom is 0.178 e. The molecule has 9 aromatic rings. The number of hydrogen-bond donors (Lipinski definition) is 0. The van der Waals surface area contributed by atoms with Gasteiger partial charge < -0.3 is 19.1 Å². The minimum atomic E-state index is -0.106. The van der Waals surface area contributed by atoms with E-state index in [4.69, 9.17) is 14.7 Å². The predicted molar refractivity (Wildman–Crippen MR) is 225 cm³/mol. The topological polar surface area (TPSA) is 64.2 Å². The first-order valence-corrected chi connectivity index (χ1v) is 18.8. The van der Waals surface area contributed by atoms with E-state index < -0.39 is 0 Å². The number of fused-ring (bicyclic) bond motifs is 7. The first-order valence-electron chi connectivity index (χ1n) is 18.8. The van der Waals surface area contributed by atoms with Gasteiger partial charge in [0.15, 0.2) is 11.6 Å². The Bertz CT molecular complexity index is 2930. The second-order valence-electron chi connectivity index (χ2n) is 15.7. The van der Waals surface area contributed by atoms with E-state index in [1.165, 1.54) is 38.5 Å². The second-order valence-corrected chi connectivity index (χ2v) is 15.7. The van der Waals surface area contributed by atoms with Crippen LogP contribution in [0.2, 0.25) is 0 Å². The highest BCUT2D eigenvalue weighted by molar-refractivity contribution is 6.12. The zero-order valence-electron chi connectivity index (χ0n) is 31.9. The first kappa shape index (κ1) is 32.9. The highest BCUT2D eigenvalue weighted by Crippen LogP contribution is 2.42. The van der Waals surface area contributed by atoms with Crippen molar-refractivity contribution in [1.29, 1.82) is 0 Å². The molecule has 0 amide bonds. The number of hydrogen-bond acceptors (Lipinski definition) is 6. The first-order chi connectivity index (χ1) is 26.6. The third kappa shape index (κ3) is 5.23. The molecule has 1 aliphatic heterocycles. The third-order valence-corrected chi connectivity index (χ3v) is 11.0. The van der Waals surface area contributed by atoms with Crippen LogP contribution in [0.3, 0.4) is 0 Å². The lowest BCUT2D eigenvalue weighted by atomic mass is 9.86. The smallest absolute Gasteiger partial charge is 0.178 e. The number of pyridine rings is 1. The quantitative estimate of drug-likeness (QED) is 0.176. The van der Waals surface area contributed by atoms with Gasteiger partial charge in [-0.1, -0.05) is 75.4 Å². The summed E-state index contributed by atoms with van der Waals surface area (Å²) >= 11 is 0. The third-order valence-electron chi connectivity index (χ3n) is 11.0. The van der Waals surface area contributed by atoms with Crippen molar-refractivity contribution < 1.29 is 4.74 Å². The standard InChI is InChI=1S/C47H41N7O/c1-29-11-9-14-38-39-15-10-12-30(2)44(39)53(43(29)38)32-19-20-48-42(26-32)54-40-16-8-7-13-36(40)37-18-17-34(27-41(37)54)55-35-24-31(47(3,4)5)23-33(25-35)52-28-51(6)45-46(52)50-22-21-49-45/h7-27H,28H2,1-6H3. The highest BCUT2D eigenvalue weighted by atomic mass is 16.5. The summed E-state index contributed by atoms with van der Waals surface area (Å²) in [7, 11) is 2.04. The van der Waals surface area contributed by atoms with E-state index in [9.17, 15) is 0 Å². The number of anilines is 3. The molecular formula is C47H41N7O. The van der Waals surface area contributed by atoms with Gasteiger partial charge in [-0.2, -0.15) is 0 Å². The molecule has 55 heavy (non-hydrogen) atoms. The molecule has 1 aliphatic rings. The van der Waals surface area contributed by atoms with Gasteiger partial charge in [0.25, 0.3) is 0 Å². The lowest BCUT2D eigenvalue weighted by Gasteiger charge is -2.25. The van der Waals surface area contributed by atoms with Crippen LogP contribution >= 0.6 is 0 Å². The molecule has 0 fully saturated rings. The van der Waals surface area contributed by atoms with Crippen LogP contribution < -0.4 is 14.5 Å². The predicted octanol–water partition coefficient (Wildman–Crippen LogP) is 11.3. The van der Waals surface area contributed by atoms with Gasteiger partial charge in [-0.3, -0.25) is 4.57 Å². The Morgan fingerprint density at radius 3 is 2.00 bits per heavy atom. The molecule has 0 saturated carbocycles. The summed E-state index contributed by atoms with van der Waals surface area (Å²) in [6, 6.07) is 38.9. The van der Waals surface area contributed by atoms with Crippen molar-refractivity contribution in [2.75, 3.05) is 23.5 Å². The van der Waals surface area contributed by atoms with Gasteiger partial charge in [0.2, 0.25) is 0 Å². The molecule has 270 valence electrons. The van der Waals surface area contributed by atoms with Crippen LogP contribution in [0.5, 0.6) is 11.5 Å². The average molecular weight is 720 g/mol. The Kier molecular flexibility index (Phi) is 7.29. The SMILES string of the molecule is Cc1cccc2c3cccc(C)c3n(-c3ccnc(-n4c5ccccc5c5ccc(Oc6cc(N7CN(C)c8nccnc87)cc(C(C)(C)C)c6)cc54)c3)c12. The van der Waals surface area contributed by atoms with Crippen molar-refractivity contribution in [3.8, 4) is 23.0 Å². The molecule has 0 bridgehead atoms. The molecule has 0 saturated heterocycles. The number of ether oxygens (including phenoxy) is 1. The number of aromatic nitrogens is 5. The van der Waals surface area contributed by atoms with Crippen LogP contribution in [0.15, 0.2) is 128 Å². The summed E-state index contributed by atoms with van der Waals surface area (Å²) in [5.74, 6) is 4.06. The van der Waals surface area contributed by atoms with Crippen LogP contribution in [0.25, 0.3) is 55.1 Å². The Hall–Kier alpha value is -6.67. The van der Waals surface area contributed by atoms with Crippen molar-refractivity contribution in [3.63, 3.8) is 0 Å². The van der Waals surface area contributed by atoms with Crippen molar-refractivity contribution in [2.24, 2.45) is 0 Å². The van der Waals surface area contributed by atoms with E-state index in [1.54, 1.807) is 12.4 Å². The summed E-state index contributed by atoms with van der Waals surface area (Å²) in [5.41, 5.74) is 10.2. The molecule has 0 spiro atoms. The average Bonchev–Trinajstić information content (AvgIpc) is 3.83. The molecule has 8 nitrogen and oxygen atoms in total. The number of rotatable bonds is 5. The zero-order valence-corrected chi connectivity index (χ0v) is 31.9. The van der Waals surface area contributed by atoms with Crippen LogP contribution in [0.4, 0.5) is 17.3 Å². The van der Waals surface area contributed by atoms with Gasteiger partial charge >= 0.3 is 0 Å². The fraction of sp³-hybridized carbons (Fsp3) is 0.170. The summed E-state index contributed by atoms with van der Waals surface area (Å²) < 4.78 is 11.5. The lowest BCUT2D eigenvalue weighted by Crippen LogP contribution is -2.25. The number of benzene rings is 5. The fourth-order valence-electron chi connectivity index (χ4n) is 8.35. The van der Waals surface area contributed by atoms with E-state index in [0.29, 0.717) is 6.67 Å². The Morgan fingerprint density at radius 1 is 0.564 bits per heavy atom. The maximum atomic E-state index is 6.82. The van der Waals surface area contributed by atoms with Crippen molar-refractivity contribution in [3.05, 3.63) is 144 Å². The van der Waals surface area contributed by atoms with Gasteiger partial charge in [-0.05, 0) is 72.4 Å². The molecule has 10 rings (SSSR count). The molecule has 8 heteroatoms. The molecule has 0 aliphatic carbocycles. The van der Waals surface area contributed by atoms with Gasteiger partial charge in [0.05, 0.1) is 34.4 Å². The van der Waals surface area contributed by atoms with Crippen LogP contribution in [-0.4, -0.2) is 37.8 Å². The van der Waals surface area contributed by atoms with E-state index in [2.05, 4.69) is 168 Å². The summed E-state index contributed by atoms with van der Waals surface area (Å²) in [4.78, 5) is 18.6. The van der Waals surface area contributed by atoms with Crippen LogP contribution in [0.1, 0.15) is 37.5 Å². The normalized spacial score (nSPS) is 13.1. The fourth-order valence-corrected chi connectivity index (χ4v) is 8.35. The highest BCUT2D eigenvalue weighted by Gasteiger charge is 2.29. The van der Waals surface area contributed by atoms with E-state index in [0.717, 1.165) is 62.1 Å². The molecule has 5 heterocycles.